The van der Waals surface area contributed by atoms with E-state index >= 15 is 0 Å². The summed E-state index contributed by atoms with van der Waals surface area (Å²) in [5, 5.41) is 12.3. The SMILES string of the molecule is Cc1cccc(C2=[N+]([O-])c3ccc(C)cc3C2=O)c1. The maximum atomic E-state index is 12.4. The Morgan fingerprint density at radius 2 is 1.74 bits per heavy atom. The molecule has 0 saturated heterocycles. The molecule has 3 nitrogen and oxygen atoms in total. The molecule has 0 saturated carbocycles. The average Bonchev–Trinajstić information content (AvgIpc) is 2.61. The molecule has 2 aromatic rings. The van der Waals surface area contributed by atoms with Crippen LogP contribution in [0.5, 0.6) is 0 Å². The van der Waals surface area contributed by atoms with Gasteiger partial charge in [-0.05, 0) is 37.6 Å². The minimum atomic E-state index is -0.195. The van der Waals surface area contributed by atoms with Gasteiger partial charge in [0.25, 0.3) is 11.5 Å². The molecule has 0 bridgehead atoms. The number of benzene rings is 2. The molecule has 0 fully saturated rings. The van der Waals surface area contributed by atoms with E-state index in [2.05, 4.69) is 0 Å². The highest BCUT2D eigenvalue weighted by molar-refractivity contribution is 6.52. The van der Waals surface area contributed by atoms with Gasteiger partial charge in [-0.2, -0.15) is 4.74 Å². The van der Waals surface area contributed by atoms with Gasteiger partial charge in [0.05, 0.1) is 5.56 Å². The maximum Gasteiger partial charge on any atom is 0.272 e. The second-order valence-corrected chi connectivity index (χ2v) is 4.86. The molecule has 0 N–H and O–H groups in total. The van der Waals surface area contributed by atoms with E-state index in [9.17, 15) is 10.0 Å². The van der Waals surface area contributed by atoms with Crippen molar-refractivity contribution in [1.29, 1.82) is 0 Å². The summed E-state index contributed by atoms with van der Waals surface area (Å²) < 4.78 is 0.742. The Balaban J connectivity index is 2.20. The first kappa shape index (κ1) is 11.7. The molecule has 1 aliphatic rings. The number of fused-ring (bicyclic) bond motifs is 1. The monoisotopic (exact) mass is 251 g/mol. The van der Waals surface area contributed by atoms with Crippen LogP contribution >= 0.6 is 0 Å². The number of hydrogen-bond acceptors (Lipinski definition) is 2. The van der Waals surface area contributed by atoms with Crippen molar-refractivity contribution >= 4 is 17.2 Å². The normalized spacial score (nSPS) is 13.9. The highest BCUT2D eigenvalue weighted by Crippen LogP contribution is 2.28. The fraction of sp³-hybridized carbons (Fsp3) is 0.125. The standard InChI is InChI=1S/C16H13NO2/c1-10-4-3-5-12(8-10)15-16(18)13-9-11(2)6-7-14(13)17(15)19/h3-9H,1-2H3. The van der Waals surface area contributed by atoms with Gasteiger partial charge in [-0.1, -0.05) is 23.8 Å². The van der Waals surface area contributed by atoms with Gasteiger partial charge in [0, 0.05) is 6.07 Å². The van der Waals surface area contributed by atoms with Crippen LogP contribution in [0.2, 0.25) is 0 Å². The molecule has 0 spiro atoms. The number of carbonyl (C=O) groups excluding carboxylic acids is 1. The molecular formula is C16H13NO2. The smallest absolute Gasteiger partial charge is 0.272 e. The van der Waals surface area contributed by atoms with E-state index in [-0.39, 0.29) is 11.5 Å². The number of Topliss-reactive ketones (excluding diaryl/α,β-unsaturated/α-hetero) is 1. The molecule has 1 heterocycles. The molecule has 2 aromatic carbocycles. The van der Waals surface area contributed by atoms with E-state index < -0.39 is 0 Å². The van der Waals surface area contributed by atoms with Crippen LogP contribution in [0.3, 0.4) is 0 Å². The minimum absolute atomic E-state index is 0.195. The summed E-state index contributed by atoms with van der Waals surface area (Å²) in [5.74, 6) is -0.195. The van der Waals surface area contributed by atoms with Gasteiger partial charge in [0.15, 0.2) is 0 Å². The van der Waals surface area contributed by atoms with E-state index in [4.69, 9.17) is 0 Å². The van der Waals surface area contributed by atoms with Crippen LogP contribution in [0.1, 0.15) is 27.0 Å². The molecule has 0 amide bonds. The zero-order valence-corrected chi connectivity index (χ0v) is 10.8. The third-order valence-electron chi connectivity index (χ3n) is 3.33. The van der Waals surface area contributed by atoms with Crippen molar-refractivity contribution in [2.75, 3.05) is 0 Å². The molecule has 3 heteroatoms. The lowest BCUT2D eigenvalue weighted by Crippen LogP contribution is -2.16. The van der Waals surface area contributed by atoms with Crippen LogP contribution < -0.4 is 0 Å². The van der Waals surface area contributed by atoms with Crippen LogP contribution in [0.4, 0.5) is 5.69 Å². The van der Waals surface area contributed by atoms with Crippen molar-refractivity contribution in [3.63, 3.8) is 0 Å². The van der Waals surface area contributed by atoms with Crippen LogP contribution in [0.25, 0.3) is 0 Å². The molecule has 0 radical (unpaired) electrons. The molecule has 0 aliphatic carbocycles. The van der Waals surface area contributed by atoms with Crippen molar-refractivity contribution in [1.82, 2.24) is 0 Å². The fourth-order valence-corrected chi connectivity index (χ4v) is 2.39. The van der Waals surface area contributed by atoms with Crippen LogP contribution in [0, 0.1) is 19.1 Å². The summed E-state index contributed by atoms with van der Waals surface area (Å²) in [7, 11) is 0. The number of ketones is 1. The first-order valence-corrected chi connectivity index (χ1v) is 6.14. The number of carbonyl (C=O) groups is 1. The van der Waals surface area contributed by atoms with Gasteiger partial charge in [0.2, 0.25) is 5.69 Å². The number of rotatable bonds is 1. The Kier molecular flexibility index (Phi) is 2.49. The van der Waals surface area contributed by atoms with Crippen molar-refractivity contribution in [3.8, 4) is 0 Å². The van der Waals surface area contributed by atoms with Gasteiger partial charge in [-0.3, -0.25) is 4.79 Å². The number of hydrogen-bond donors (Lipinski definition) is 0. The van der Waals surface area contributed by atoms with Gasteiger partial charge in [0.1, 0.15) is 5.56 Å². The first-order valence-electron chi connectivity index (χ1n) is 6.14. The van der Waals surface area contributed by atoms with Crippen molar-refractivity contribution in [2.45, 2.75) is 13.8 Å². The molecule has 19 heavy (non-hydrogen) atoms. The summed E-state index contributed by atoms with van der Waals surface area (Å²) in [5.41, 5.74) is 3.82. The molecule has 1 aliphatic heterocycles. The van der Waals surface area contributed by atoms with Crippen molar-refractivity contribution in [3.05, 3.63) is 69.9 Å². The molecule has 0 unspecified atom stereocenters. The summed E-state index contributed by atoms with van der Waals surface area (Å²) in [4.78, 5) is 12.4. The Hall–Kier alpha value is -2.42. The summed E-state index contributed by atoms with van der Waals surface area (Å²) >= 11 is 0. The van der Waals surface area contributed by atoms with E-state index in [0.717, 1.165) is 15.9 Å². The highest BCUT2D eigenvalue weighted by atomic mass is 16.5. The lowest BCUT2D eigenvalue weighted by molar-refractivity contribution is -0.355. The van der Waals surface area contributed by atoms with Crippen LogP contribution in [0.15, 0.2) is 42.5 Å². The predicted octanol–water partition coefficient (Wildman–Crippen LogP) is 3.13. The van der Waals surface area contributed by atoms with Crippen molar-refractivity contribution in [2.24, 2.45) is 0 Å². The van der Waals surface area contributed by atoms with E-state index in [1.807, 2.05) is 38.1 Å². The van der Waals surface area contributed by atoms with Gasteiger partial charge < -0.3 is 5.21 Å². The van der Waals surface area contributed by atoms with Gasteiger partial charge >= 0.3 is 0 Å². The molecular weight excluding hydrogens is 238 g/mol. The summed E-state index contributed by atoms with van der Waals surface area (Å²) in [6.45, 7) is 3.85. The zero-order chi connectivity index (χ0) is 13.6. The predicted molar refractivity (Wildman–Crippen MR) is 74.1 cm³/mol. The lowest BCUT2D eigenvalue weighted by atomic mass is 10.0. The Bertz CT molecular complexity index is 729. The molecule has 94 valence electrons. The van der Waals surface area contributed by atoms with Crippen molar-refractivity contribution < 1.29 is 9.53 Å². The van der Waals surface area contributed by atoms with Gasteiger partial charge in [-0.15, -0.1) is 0 Å². The van der Waals surface area contributed by atoms with E-state index in [1.165, 1.54) is 0 Å². The third-order valence-corrected chi connectivity index (χ3v) is 3.33. The highest BCUT2D eigenvalue weighted by Gasteiger charge is 2.36. The summed E-state index contributed by atoms with van der Waals surface area (Å²) in [6, 6.07) is 12.8. The average molecular weight is 251 g/mol. The second kappa shape index (κ2) is 4.05. The Morgan fingerprint density at radius 1 is 1.00 bits per heavy atom. The second-order valence-electron chi connectivity index (χ2n) is 4.86. The van der Waals surface area contributed by atoms with E-state index in [1.54, 1.807) is 18.2 Å². The Morgan fingerprint density at radius 3 is 2.47 bits per heavy atom. The quantitative estimate of drug-likeness (QED) is 0.577. The number of nitrogens with zero attached hydrogens (tertiary/aromatic N) is 1. The van der Waals surface area contributed by atoms with Gasteiger partial charge in [-0.25, -0.2) is 0 Å². The Labute approximate surface area is 111 Å². The summed E-state index contributed by atoms with van der Waals surface area (Å²) in [6.07, 6.45) is 0. The molecule has 3 rings (SSSR count). The first-order chi connectivity index (χ1) is 9.08. The largest absolute Gasteiger partial charge is 0.618 e. The van der Waals surface area contributed by atoms with Crippen LogP contribution in [-0.2, 0) is 0 Å². The number of aryl methyl sites for hydroxylation is 2. The molecule has 0 aromatic heterocycles. The minimum Gasteiger partial charge on any atom is -0.618 e. The van der Waals surface area contributed by atoms with Crippen LogP contribution in [-0.4, -0.2) is 16.2 Å². The topological polar surface area (TPSA) is 43.1 Å². The maximum absolute atomic E-state index is 12.4. The third kappa shape index (κ3) is 1.74. The molecule has 0 atom stereocenters. The fourth-order valence-electron chi connectivity index (χ4n) is 2.39. The lowest BCUT2D eigenvalue weighted by Gasteiger charge is -2.02. The van der Waals surface area contributed by atoms with E-state index in [0.29, 0.717) is 16.8 Å². The zero-order valence-electron chi connectivity index (χ0n) is 10.8.